The summed E-state index contributed by atoms with van der Waals surface area (Å²) in [5.74, 6) is -0.242. The SMILES string of the molecule is Cc1ccccc1N1CCN(c2cc(N3CCC(N(C)C)C3)c(C=NNC(N)=S)cc2F)CC1. The monoisotopic (exact) mass is 483 g/mol. The van der Waals surface area contributed by atoms with E-state index in [-0.39, 0.29) is 10.9 Å². The zero-order chi connectivity index (χ0) is 24.2. The van der Waals surface area contributed by atoms with Crippen molar-refractivity contribution in [1.82, 2.24) is 10.3 Å². The van der Waals surface area contributed by atoms with E-state index in [0.717, 1.165) is 51.4 Å². The van der Waals surface area contributed by atoms with Crippen molar-refractivity contribution in [2.24, 2.45) is 10.8 Å². The number of anilines is 3. The summed E-state index contributed by atoms with van der Waals surface area (Å²) < 4.78 is 15.4. The van der Waals surface area contributed by atoms with E-state index in [9.17, 15) is 0 Å². The summed E-state index contributed by atoms with van der Waals surface area (Å²) in [4.78, 5) is 9.10. The number of likely N-dealkylation sites (N-methyl/N-ethyl adjacent to an activating group) is 1. The van der Waals surface area contributed by atoms with Crippen LogP contribution in [0.1, 0.15) is 17.5 Å². The Hall–Kier alpha value is -2.91. The van der Waals surface area contributed by atoms with Gasteiger partial charge in [-0.3, -0.25) is 5.43 Å². The number of para-hydroxylation sites is 1. The highest BCUT2D eigenvalue weighted by atomic mass is 32.1. The van der Waals surface area contributed by atoms with E-state index in [1.54, 1.807) is 12.3 Å². The van der Waals surface area contributed by atoms with Gasteiger partial charge in [-0.05, 0) is 63.4 Å². The lowest BCUT2D eigenvalue weighted by Gasteiger charge is -2.38. The number of hydrogen-bond acceptors (Lipinski definition) is 6. The molecule has 0 aliphatic carbocycles. The summed E-state index contributed by atoms with van der Waals surface area (Å²) in [6, 6.07) is 12.5. The Morgan fingerprint density at radius 3 is 2.35 bits per heavy atom. The van der Waals surface area contributed by atoms with E-state index < -0.39 is 0 Å². The Morgan fingerprint density at radius 2 is 1.74 bits per heavy atom. The summed E-state index contributed by atoms with van der Waals surface area (Å²) in [5.41, 5.74) is 12.9. The van der Waals surface area contributed by atoms with Gasteiger partial charge in [-0.25, -0.2) is 4.39 Å². The minimum atomic E-state index is -0.242. The number of halogens is 1. The van der Waals surface area contributed by atoms with Crippen molar-refractivity contribution in [2.45, 2.75) is 19.4 Å². The highest BCUT2D eigenvalue weighted by Crippen LogP contribution is 2.33. The molecular weight excluding hydrogens is 449 g/mol. The molecule has 2 fully saturated rings. The molecule has 2 heterocycles. The lowest BCUT2D eigenvalue weighted by molar-refractivity contribution is 0.315. The molecule has 4 rings (SSSR count). The highest BCUT2D eigenvalue weighted by molar-refractivity contribution is 7.80. The lowest BCUT2D eigenvalue weighted by atomic mass is 10.1. The molecule has 2 saturated heterocycles. The van der Waals surface area contributed by atoms with E-state index in [4.69, 9.17) is 18.0 Å². The predicted molar refractivity (Wildman–Crippen MR) is 144 cm³/mol. The third kappa shape index (κ3) is 5.42. The molecule has 9 heteroatoms. The lowest BCUT2D eigenvalue weighted by Crippen LogP contribution is -2.47. The average Bonchev–Trinajstić information content (AvgIpc) is 3.30. The zero-order valence-electron chi connectivity index (χ0n) is 20.2. The molecule has 0 radical (unpaired) electrons. The number of hydrogen-bond donors (Lipinski definition) is 2. The Labute approximate surface area is 207 Å². The summed E-state index contributed by atoms with van der Waals surface area (Å²) in [6.07, 6.45) is 2.66. The van der Waals surface area contributed by atoms with Gasteiger partial charge < -0.3 is 25.3 Å². The number of thiocarbonyl (C=S) groups is 1. The fourth-order valence-corrected chi connectivity index (χ4v) is 4.89. The standard InChI is InChI=1S/C25H34FN7S/c1-18-6-4-5-7-22(18)31-10-12-32(13-11-31)24-15-23(33-9-8-20(17-33)30(2)3)19(14-21(24)26)16-28-29-25(27)34/h4-7,14-16,20H,8-13,17H2,1-3H3,(H3,27,29,34). The van der Waals surface area contributed by atoms with Crippen molar-refractivity contribution < 1.29 is 4.39 Å². The van der Waals surface area contributed by atoms with Crippen molar-refractivity contribution in [2.75, 3.05) is 68.1 Å². The molecule has 1 unspecified atom stereocenters. The summed E-state index contributed by atoms with van der Waals surface area (Å²) in [5, 5.41) is 4.18. The number of aryl methyl sites for hydroxylation is 1. The first-order valence-corrected chi connectivity index (χ1v) is 12.1. The first-order chi connectivity index (χ1) is 16.3. The van der Waals surface area contributed by atoms with Gasteiger partial charge in [0.1, 0.15) is 5.82 Å². The number of nitrogens with one attached hydrogen (secondary N) is 1. The highest BCUT2D eigenvalue weighted by Gasteiger charge is 2.28. The number of nitrogens with zero attached hydrogens (tertiary/aromatic N) is 5. The number of benzene rings is 2. The van der Waals surface area contributed by atoms with E-state index in [1.165, 1.54) is 11.3 Å². The van der Waals surface area contributed by atoms with Crippen molar-refractivity contribution in [1.29, 1.82) is 0 Å². The van der Waals surface area contributed by atoms with Gasteiger partial charge in [0.05, 0.1) is 11.9 Å². The van der Waals surface area contributed by atoms with Crippen LogP contribution in [0.5, 0.6) is 0 Å². The van der Waals surface area contributed by atoms with Gasteiger partial charge in [0.15, 0.2) is 5.11 Å². The number of hydrazone groups is 1. The molecule has 0 bridgehead atoms. The maximum Gasteiger partial charge on any atom is 0.184 e. The second-order valence-electron chi connectivity index (χ2n) is 9.21. The minimum absolute atomic E-state index is 0.0789. The van der Waals surface area contributed by atoms with Crippen LogP contribution in [0.15, 0.2) is 41.5 Å². The smallest absolute Gasteiger partial charge is 0.184 e. The topological polar surface area (TPSA) is 63.4 Å². The fraction of sp³-hybridized carbons (Fsp3) is 0.440. The second kappa shape index (κ2) is 10.6. The first-order valence-electron chi connectivity index (χ1n) is 11.7. The summed E-state index contributed by atoms with van der Waals surface area (Å²) in [6.45, 7) is 7.18. The fourth-order valence-electron chi connectivity index (χ4n) is 4.84. The van der Waals surface area contributed by atoms with Gasteiger partial charge in [0, 0.05) is 62.2 Å². The first kappa shape index (κ1) is 24.2. The molecule has 0 aromatic heterocycles. The second-order valence-corrected chi connectivity index (χ2v) is 9.65. The maximum atomic E-state index is 15.4. The van der Waals surface area contributed by atoms with Crippen LogP contribution in [0.2, 0.25) is 0 Å². The minimum Gasteiger partial charge on any atom is -0.375 e. The van der Waals surface area contributed by atoms with Gasteiger partial charge in [0.2, 0.25) is 0 Å². The van der Waals surface area contributed by atoms with Crippen LogP contribution >= 0.6 is 12.2 Å². The molecule has 1 atom stereocenters. The van der Waals surface area contributed by atoms with Gasteiger partial charge in [0.25, 0.3) is 0 Å². The van der Waals surface area contributed by atoms with E-state index in [1.807, 2.05) is 6.07 Å². The van der Waals surface area contributed by atoms with Crippen molar-refractivity contribution in [3.63, 3.8) is 0 Å². The van der Waals surface area contributed by atoms with Crippen LogP contribution in [0.25, 0.3) is 0 Å². The van der Waals surface area contributed by atoms with Crippen LogP contribution < -0.4 is 25.9 Å². The molecule has 2 aromatic carbocycles. The average molecular weight is 484 g/mol. The molecule has 34 heavy (non-hydrogen) atoms. The molecular formula is C25H34FN7S. The summed E-state index contributed by atoms with van der Waals surface area (Å²) in [7, 11) is 4.21. The molecule has 7 nitrogen and oxygen atoms in total. The molecule has 0 spiro atoms. The quantitative estimate of drug-likeness (QED) is 0.372. The molecule has 0 saturated carbocycles. The summed E-state index contributed by atoms with van der Waals surface area (Å²) >= 11 is 4.83. The van der Waals surface area contributed by atoms with E-state index in [0.29, 0.717) is 17.3 Å². The largest absolute Gasteiger partial charge is 0.375 e. The molecule has 2 aliphatic heterocycles. The normalized spacial score (nSPS) is 18.9. The molecule has 3 N–H and O–H groups in total. The number of rotatable bonds is 6. The molecule has 2 aliphatic rings. The van der Waals surface area contributed by atoms with Crippen molar-refractivity contribution in [3.05, 3.63) is 53.3 Å². The molecule has 182 valence electrons. The van der Waals surface area contributed by atoms with Gasteiger partial charge in [-0.1, -0.05) is 18.2 Å². The molecule has 0 amide bonds. The van der Waals surface area contributed by atoms with Gasteiger partial charge >= 0.3 is 0 Å². The van der Waals surface area contributed by atoms with Crippen LogP contribution in [0, 0.1) is 12.7 Å². The van der Waals surface area contributed by atoms with Crippen LogP contribution in [0.3, 0.4) is 0 Å². The van der Waals surface area contributed by atoms with Crippen LogP contribution in [0.4, 0.5) is 21.5 Å². The number of nitrogens with two attached hydrogens (primary N) is 1. The number of piperazine rings is 1. The Balaban J connectivity index is 1.57. The van der Waals surface area contributed by atoms with E-state index >= 15 is 4.39 Å². The van der Waals surface area contributed by atoms with Gasteiger partial charge in [-0.2, -0.15) is 5.10 Å². The Kier molecular flexibility index (Phi) is 7.53. The van der Waals surface area contributed by atoms with Crippen LogP contribution in [-0.4, -0.2) is 75.6 Å². The van der Waals surface area contributed by atoms with Gasteiger partial charge in [-0.15, -0.1) is 0 Å². The third-order valence-electron chi connectivity index (χ3n) is 6.79. The maximum absolute atomic E-state index is 15.4. The van der Waals surface area contributed by atoms with Crippen molar-refractivity contribution >= 4 is 40.6 Å². The van der Waals surface area contributed by atoms with E-state index in [2.05, 4.69) is 75.4 Å². The Bertz CT molecular complexity index is 1050. The van der Waals surface area contributed by atoms with Crippen molar-refractivity contribution in [3.8, 4) is 0 Å². The predicted octanol–water partition coefficient (Wildman–Crippen LogP) is 2.77. The molecule has 2 aromatic rings. The van der Waals surface area contributed by atoms with Crippen LogP contribution in [-0.2, 0) is 0 Å². The Morgan fingerprint density at radius 1 is 1.06 bits per heavy atom. The zero-order valence-corrected chi connectivity index (χ0v) is 21.0. The third-order valence-corrected chi connectivity index (χ3v) is 6.88.